The molecule has 0 radical (unpaired) electrons. The standard InChI is InChI=1S/C7H14N5O3P/c8-12-10-4-2-1-3-5(7(14)15)6(13)11-16-9/h5,16H,1-4,9H2,(H,11,13)(H,14,15). The number of nitrogens with two attached hydrogens (primary N) is 1. The second-order valence-corrected chi connectivity index (χ2v) is 3.51. The minimum atomic E-state index is -1.17. The molecule has 9 heteroatoms. The van der Waals surface area contributed by atoms with Crippen LogP contribution in [0.4, 0.5) is 0 Å². The van der Waals surface area contributed by atoms with Gasteiger partial charge in [0.2, 0.25) is 5.91 Å². The molecule has 1 amide bonds. The van der Waals surface area contributed by atoms with Crippen molar-refractivity contribution in [2.24, 2.45) is 16.5 Å². The molecule has 2 unspecified atom stereocenters. The molecule has 0 aliphatic rings. The first-order valence-electron chi connectivity index (χ1n) is 4.62. The van der Waals surface area contributed by atoms with Gasteiger partial charge in [0.15, 0.2) is 0 Å². The molecule has 16 heavy (non-hydrogen) atoms. The Hall–Kier alpha value is -1.36. The highest BCUT2D eigenvalue weighted by molar-refractivity contribution is 7.33. The Labute approximate surface area is 94.1 Å². The Morgan fingerprint density at radius 2 is 2.25 bits per heavy atom. The summed E-state index contributed by atoms with van der Waals surface area (Å²) in [6, 6.07) is 0. The van der Waals surface area contributed by atoms with Gasteiger partial charge in [-0.1, -0.05) is 11.5 Å². The highest BCUT2D eigenvalue weighted by Crippen LogP contribution is 2.11. The van der Waals surface area contributed by atoms with Crippen LogP contribution in [0.3, 0.4) is 0 Å². The van der Waals surface area contributed by atoms with Gasteiger partial charge in [-0.25, -0.2) is 0 Å². The zero-order chi connectivity index (χ0) is 12.4. The van der Waals surface area contributed by atoms with Gasteiger partial charge in [-0.3, -0.25) is 15.1 Å². The molecular formula is C7H14N5O3P. The molecule has 0 saturated heterocycles. The van der Waals surface area contributed by atoms with Crippen LogP contribution in [0.5, 0.6) is 0 Å². The Morgan fingerprint density at radius 3 is 2.75 bits per heavy atom. The number of nitrogens with one attached hydrogen (secondary N) is 1. The smallest absolute Gasteiger partial charge is 0.316 e. The van der Waals surface area contributed by atoms with Crippen LogP contribution in [0.1, 0.15) is 19.3 Å². The van der Waals surface area contributed by atoms with Crippen molar-refractivity contribution >= 4 is 20.8 Å². The number of hydrogen-bond donors (Lipinski definition) is 3. The van der Waals surface area contributed by atoms with Crippen LogP contribution in [0.15, 0.2) is 5.11 Å². The van der Waals surface area contributed by atoms with Crippen LogP contribution >= 0.6 is 8.88 Å². The van der Waals surface area contributed by atoms with Gasteiger partial charge in [-0.2, -0.15) is 0 Å². The van der Waals surface area contributed by atoms with E-state index in [2.05, 4.69) is 15.1 Å². The van der Waals surface area contributed by atoms with Crippen LogP contribution in [0.25, 0.3) is 10.4 Å². The van der Waals surface area contributed by atoms with Gasteiger partial charge < -0.3 is 10.2 Å². The largest absolute Gasteiger partial charge is 0.481 e. The molecule has 0 aromatic heterocycles. The highest BCUT2D eigenvalue weighted by atomic mass is 31.1. The van der Waals surface area contributed by atoms with E-state index in [0.717, 1.165) is 0 Å². The maximum Gasteiger partial charge on any atom is 0.316 e. The van der Waals surface area contributed by atoms with E-state index in [9.17, 15) is 9.59 Å². The molecule has 0 bridgehead atoms. The van der Waals surface area contributed by atoms with Crippen molar-refractivity contribution in [2.45, 2.75) is 19.3 Å². The highest BCUT2D eigenvalue weighted by Gasteiger charge is 2.24. The summed E-state index contributed by atoms with van der Waals surface area (Å²) in [7, 11) is -0.300. The topological polar surface area (TPSA) is 141 Å². The molecule has 0 rings (SSSR count). The minimum Gasteiger partial charge on any atom is -0.481 e. The predicted octanol–water partition coefficient (Wildman–Crippen LogP) is 0.751. The Bertz CT molecular complexity index is 292. The number of azide groups is 1. The number of hydrogen-bond acceptors (Lipinski definition) is 4. The van der Waals surface area contributed by atoms with Crippen molar-refractivity contribution in [3.63, 3.8) is 0 Å². The fourth-order valence-corrected chi connectivity index (χ4v) is 1.42. The van der Waals surface area contributed by atoms with E-state index in [1.807, 2.05) is 0 Å². The fraction of sp³-hybridized carbons (Fsp3) is 0.714. The average Bonchev–Trinajstić information content (AvgIpc) is 2.23. The maximum atomic E-state index is 11.3. The van der Waals surface area contributed by atoms with E-state index in [0.29, 0.717) is 19.4 Å². The average molecular weight is 247 g/mol. The molecule has 4 N–H and O–H groups in total. The molecular weight excluding hydrogens is 233 g/mol. The summed E-state index contributed by atoms with van der Waals surface area (Å²) in [5.74, 6) is -2.82. The number of amides is 1. The third-order valence-electron chi connectivity index (χ3n) is 1.87. The summed E-state index contributed by atoms with van der Waals surface area (Å²) in [5.41, 5.74) is 13.1. The lowest BCUT2D eigenvalue weighted by atomic mass is 10.0. The quantitative estimate of drug-likeness (QED) is 0.145. The number of unbranched alkanes of at least 4 members (excludes halogenated alkanes) is 1. The lowest BCUT2D eigenvalue weighted by molar-refractivity contribution is -0.146. The maximum absolute atomic E-state index is 11.3. The van der Waals surface area contributed by atoms with Crippen molar-refractivity contribution in [2.75, 3.05) is 6.54 Å². The number of carbonyl (C=O) groups is 2. The molecule has 0 aromatic rings. The molecule has 0 saturated carbocycles. The monoisotopic (exact) mass is 247 g/mol. The van der Waals surface area contributed by atoms with Gasteiger partial charge in [0.1, 0.15) is 5.92 Å². The predicted molar refractivity (Wildman–Crippen MR) is 59.6 cm³/mol. The summed E-state index contributed by atoms with van der Waals surface area (Å²) in [4.78, 5) is 24.6. The molecule has 2 atom stereocenters. The summed E-state index contributed by atoms with van der Waals surface area (Å²) in [6.07, 6.45) is 1.29. The zero-order valence-corrected chi connectivity index (χ0v) is 9.59. The van der Waals surface area contributed by atoms with Gasteiger partial charge in [0.25, 0.3) is 0 Å². The molecule has 0 aliphatic heterocycles. The van der Waals surface area contributed by atoms with Crippen molar-refractivity contribution in [3.05, 3.63) is 10.4 Å². The van der Waals surface area contributed by atoms with Crippen LogP contribution < -0.4 is 10.6 Å². The van der Waals surface area contributed by atoms with Crippen molar-refractivity contribution < 1.29 is 14.7 Å². The first kappa shape index (κ1) is 14.6. The molecule has 0 aliphatic carbocycles. The van der Waals surface area contributed by atoms with E-state index < -0.39 is 17.8 Å². The Balaban J connectivity index is 3.99. The van der Waals surface area contributed by atoms with Gasteiger partial charge >= 0.3 is 5.97 Å². The van der Waals surface area contributed by atoms with E-state index in [1.165, 1.54) is 0 Å². The number of carboxylic acids is 1. The lowest BCUT2D eigenvalue weighted by Gasteiger charge is -2.10. The van der Waals surface area contributed by atoms with Crippen molar-refractivity contribution in [1.29, 1.82) is 0 Å². The summed E-state index contributed by atoms with van der Waals surface area (Å²) in [5, 5.41) is 14.4. The number of rotatable bonds is 8. The first-order valence-corrected chi connectivity index (χ1v) is 5.70. The van der Waals surface area contributed by atoms with E-state index in [4.69, 9.17) is 16.1 Å². The van der Waals surface area contributed by atoms with Gasteiger partial charge in [0, 0.05) is 20.3 Å². The molecule has 0 fully saturated rings. The van der Waals surface area contributed by atoms with Gasteiger partial charge in [-0.05, 0) is 18.4 Å². The third-order valence-corrected chi connectivity index (χ3v) is 2.26. The molecule has 90 valence electrons. The second-order valence-electron chi connectivity index (χ2n) is 2.97. The van der Waals surface area contributed by atoms with Crippen molar-refractivity contribution in [3.8, 4) is 0 Å². The van der Waals surface area contributed by atoms with E-state index in [1.54, 1.807) is 0 Å². The number of carboxylic acid groups (broad SMARTS) is 1. The SMILES string of the molecule is [N-]=[N+]=NCCCCC(C(=O)O)C(=O)NPN. The number of nitrogens with zero attached hydrogens (tertiary/aromatic N) is 3. The fourth-order valence-electron chi connectivity index (χ4n) is 1.10. The second kappa shape index (κ2) is 8.91. The number of carbonyl (C=O) groups excluding carboxylic acids is 1. The van der Waals surface area contributed by atoms with Gasteiger partial charge in [-0.15, -0.1) is 0 Å². The van der Waals surface area contributed by atoms with Crippen LogP contribution in [-0.2, 0) is 9.59 Å². The molecule has 0 spiro atoms. The summed E-state index contributed by atoms with van der Waals surface area (Å²) < 4.78 is 0. The minimum absolute atomic E-state index is 0.215. The Morgan fingerprint density at radius 1 is 1.56 bits per heavy atom. The molecule has 0 aromatic carbocycles. The van der Waals surface area contributed by atoms with Crippen LogP contribution in [0, 0.1) is 5.92 Å². The summed E-state index contributed by atoms with van der Waals surface area (Å²) >= 11 is 0. The molecule has 0 heterocycles. The van der Waals surface area contributed by atoms with Crippen LogP contribution in [-0.4, -0.2) is 23.5 Å². The van der Waals surface area contributed by atoms with E-state index >= 15 is 0 Å². The van der Waals surface area contributed by atoms with Crippen LogP contribution in [0.2, 0.25) is 0 Å². The van der Waals surface area contributed by atoms with E-state index in [-0.39, 0.29) is 15.3 Å². The number of aliphatic carboxylic acids is 1. The Kier molecular flexibility index (Phi) is 8.15. The molecule has 8 nitrogen and oxygen atoms in total. The zero-order valence-electron chi connectivity index (χ0n) is 8.59. The first-order chi connectivity index (χ1) is 7.63. The normalized spacial score (nSPS) is 12.1. The van der Waals surface area contributed by atoms with Crippen molar-refractivity contribution in [1.82, 2.24) is 5.09 Å². The van der Waals surface area contributed by atoms with Gasteiger partial charge in [0.05, 0.1) is 0 Å². The lowest BCUT2D eigenvalue weighted by Crippen LogP contribution is -2.31. The third kappa shape index (κ3) is 6.19. The summed E-state index contributed by atoms with van der Waals surface area (Å²) in [6.45, 7) is 0.309.